The number of allylic oxidation sites excluding steroid dienone is 15. The maximum absolute atomic E-state index is 13.6. The molecular weight excluding hydrogens is 1050 g/mol. The number of carbonyl (C=O) groups is 2. The molecular formula is C73H132N2O7P+. The van der Waals surface area contributed by atoms with E-state index in [1.54, 1.807) is 0 Å². The van der Waals surface area contributed by atoms with E-state index >= 15 is 0 Å². The minimum atomic E-state index is -4.46. The van der Waals surface area contributed by atoms with E-state index in [0.29, 0.717) is 17.4 Å². The number of phosphoric acid groups is 1. The largest absolute Gasteiger partial charge is 0.472 e. The van der Waals surface area contributed by atoms with Crippen molar-refractivity contribution in [3.63, 3.8) is 0 Å². The maximum Gasteiger partial charge on any atom is 0.472 e. The van der Waals surface area contributed by atoms with Crippen LogP contribution in [0.2, 0.25) is 0 Å². The van der Waals surface area contributed by atoms with E-state index in [4.69, 9.17) is 13.8 Å². The topological polar surface area (TPSA) is 111 Å². The molecule has 10 heteroatoms. The van der Waals surface area contributed by atoms with Crippen LogP contribution in [0.15, 0.2) is 97.2 Å². The number of nitrogens with one attached hydrogen (secondary N) is 1. The third kappa shape index (κ3) is 63.3. The Kier molecular flexibility index (Phi) is 59.7. The van der Waals surface area contributed by atoms with E-state index in [2.05, 4.69) is 111 Å². The zero-order valence-corrected chi connectivity index (χ0v) is 55.8. The molecule has 0 saturated carbocycles. The predicted molar refractivity (Wildman–Crippen MR) is 360 cm³/mol. The van der Waals surface area contributed by atoms with Crippen LogP contribution in [0.5, 0.6) is 0 Å². The van der Waals surface area contributed by atoms with Gasteiger partial charge in [0.25, 0.3) is 0 Å². The van der Waals surface area contributed by atoms with Crippen molar-refractivity contribution >= 4 is 19.7 Å². The lowest BCUT2D eigenvalue weighted by Crippen LogP contribution is -2.47. The van der Waals surface area contributed by atoms with Gasteiger partial charge in [-0.05, 0) is 115 Å². The minimum Gasteiger partial charge on any atom is -0.456 e. The quantitative estimate of drug-likeness (QED) is 0.0205. The second-order valence-corrected chi connectivity index (χ2v) is 25.8. The average Bonchev–Trinajstić information content (AvgIpc) is 3.47. The number of ether oxygens (including phenoxy) is 1. The van der Waals surface area contributed by atoms with Gasteiger partial charge in [-0.15, -0.1) is 0 Å². The van der Waals surface area contributed by atoms with Gasteiger partial charge in [-0.1, -0.05) is 272 Å². The summed E-state index contributed by atoms with van der Waals surface area (Å²) < 4.78 is 30.8. The van der Waals surface area contributed by atoms with Crippen LogP contribution in [0.4, 0.5) is 0 Å². The standard InChI is InChI=1S/C73H131N2O7P/c1-7-10-13-16-19-22-25-28-30-32-34-36-37-39-41-43-45-48-51-54-57-60-63-66-73(77)82-71(64-61-58-55-52-49-46-27-24-21-18-15-12-9-3)70(69-81-83(78,79)80-68-67-75(4,5)6)74-72(76)65-62-59-56-53-50-47-44-42-40-38-35-33-31-29-26-23-20-17-14-11-8-2/h19-20,22-23,28-31,34-36,38-39,41,61,64,70-71H,7-18,21,24-27,32-33,37,40,42-60,62-63,65-69H2,1-6H3,(H-,74,76,78,79)/p+1/b22-19-,23-20-,30-28-,31-29-,36-34-,38-35-,41-39-,64-61+. The Bertz CT molecular complexity index is 1740. The van der Waals surface area contributed by atoms with E-state index in [9.17, 15) is 19.0 Å². The number of hydrogen-bond donors (Lipinski definition) is 2. The van der Waals surface area contributed by atoms with Crippen LogP contribution in [0, 0.1) is 0 Å². The van der Waals surface area contributed by atoms with E-state index in [-0.39, 0.29) is 31.5 Å². The van der Waals surface area contributed by atoms with Crippen LogP contribution in [-0.4, -0.2) is 74.3 Å². The summed E-state index contributed by atoms with van der Waals surface area (Å²) in [6, 6.07) is -0.864. The van der Waals surface area contributed by atoms with Gasteiger partial charge in [-0.3, -0.25) is 18.6 Å². The Balaban J connectivity index is 5.21. The molecule has 1 amide bonds. The molecule has 0 fully saturated rings. The molecule has 0 rings (SSSR count). The number of likely N-dealkylation sites (N-methyl/N-ethyl adjacent to an activating group) is 1. The molecule has 0 aromatic rings. The fourth-order valence-corrected chi connectivity index (χ4v) is 10.4. The highest BCUT2D eigenvalue weighted by Crippen LogP contribution is 2.43. The number of esters is 1. The van der Waals surface area contributed by atoms with Gasteiger partial charge in [0.05, 0.1) is 33.8 Å². The molecule has 480 valence electrons. The zero-order chi connectivity index (χ0) is 60.7. The number of quaternary nitrogens is 1. The number of amides is 1. The molecule has 9 nitrogen and oxygen atoms in total. The van der Waals surface area contributed by atoms with E-state index in [0.717, 1.165) is 116 Å². The summed E-state index contributed by atoms with van der Waals surface area (Å²) >= 11 is 0. The summed E-state index contributed by atoms with van der Waals surface area (Å²) in [5, 5.41) is 3.06. The minimum absolute atomic E-state index is 0.0327. The molecule has 0 saturated heterocycles. The molecule has 0 aromatic carbocycles. The molecule has 0 aliphatic heterocycles. The highest BCUT2D eigenvalue weighted by Gasteiger charge is 2.30. The second-order valence-electron chi connectivity index (χ2n) is 24.3. The number of rotatable bonds is 62. The Morgan fingerprint density at radius 3 is 1.12 bits per heavy atom. The van der Waals surface area contributed by atoms with Crippen molar-refractivity contribution in [3.8, 4) is 0 Å². The second kappa shape index (κ2) is 62.0. The van der Waals surface area contributed by atoms with Gasteiger partial charge in [0.1, 0.15) is 19.3 Å². The molecule has 0 aliphatic rings. The number of phosphoric ester groups is 1. The Morgan fingerprint density at radius 1 is 0.422 bits per heavy atom. The van der Waals surface area contributed by atoms with Crippen LogP contribution in [0.25, 0.3) is 0 Å². The summed E-state index contributed by atoms with van der Waals surface area (Å²) in [6.07, 6.45) is 84.0. The summed E-state index contributed by atoms with van der Waals surface area (Å²) in [7, 11) is 1.48. The van der Waals surface area contributed by atoms with Gasteiger partial charge < -0.3 is 19.4 Å². The fraction of sp³-hybridized carbons (Fsp3) is 0.753. The predicted octanol–water partition coefficient (Wildman–Crippen LogP) is 21.9. The average molecular weight is 1180 g/mol. The number of carbonyl (C=O) groups excluding carboxylic acids is 2. The van der Waals surface area contributed by atoms with Gasteiger partial charge in [-0.25, -0.2) is 4.57 Å². The molecule has 3 atom stereocenters. The number of unbranched alkanes of at least 4 members (excludes halogenated alkanes) is 32. The van der Waals surface area contributed by atoms with Crippen molar-refractivity contribution in [3.05, 3.63) is 97.2 Å². The summed E-state index contributed by atoms with van der Waals surface area (Å²) in [5.41, 5.74) is 0. The third-order valence-corrected chi connectivity index (χ3v) is 16.0. The Hall–Kier alpha value is -3.07. The van der Waals surface area contributed by atoms with Crippen LogP contribution >= 0.6 is 7.82 Å². The molecule has 0 heterocycles. The number of nitrogens with zero attached hydrogens (tertiary/aromatic N) is 1. The van der Waals surface area contributed by atoms with Gasteiger partial charge in [0.15, 0.2) is 0 Å². The lowest BCUT2D eigenvalue weighted by atomic mass is 10.0. The van der Waals surface area contributed by atoms with Gasteiger partial charge in [0.2, 0.25) is 5.91 Å². The van der Waals surface area contributed by atoms with E-state index in [1.807, 2.05) is 33.3 Å². The van der Waals surface area contributed by atoms with Crippen molar-refractivity contribution in [2.24, 2.45) is 0 Å². The molecule has 0 aliphatic carbocycles. The van der Waals surface area contributed by atoms with Crippen LogP contribution in [0.3, 0.4) is 0 Å². The number of hydrogen-bond acceptors (Lipinski definition) is 6. The van der Waals surface area contributed by atoms with E-state index < -0.39 is 20.0 Å². The lowest BCUT2D eigenvalue weighted by molar-refractivity contribution is -0.870. The van der Waals surface area contributed by atoms with Crippen LogP contribution in [0.1, 0.15) is 303 Å². The SMILES string of the molecule is CCCCC/C=C\C/C=C\C/C=C\C/C=C\CCCCCCCCCC(=O)OC(/C=C/CCCCCCCCCCCCC)C(COP(=O)(O)OCC[N+](C)(C)C)NC(=O)CCCCCCCCCC/C=C\C/C=C\C/C=C\CCCCC. The van der Waals surface area contributed by atoms with Crippen molar-refractivity contribution in [2.45, 2.75) is 315 Å². The maximum atomic E-state index is 13.6. The normalized spacial score (nSPS) is 14.2. The summed E-state index contributed by atoms with van der Waals surface area (Å²) in [4.78, 5) is 37.9. The first-order valence-electron chi connectivity index (χ1n) is 34.6. The van der Waals surface area contributed by atoms with Crippen LogP contribution < -0.4 is 5.32 Å². The lowest BCUT2D eigenvalue weighted by Gasteiger charge is -2.27. The van der Waals surface area contributed by atoms with Crippen LogP contribution in [-0.2, 0) is 27.9 Å². The fourth-order valence-electron chi connectivity index (χ4n) is 9.64. The van der Waals surface area contributed by atoms with Gasteiger partial charge >= 0.3 is 13.8 Å². The Labute approximate surface area is 513 Å². The van der Waals surface area contributed by atoms with Gasteiger partial charge in [0, 0.05) is 12.8 Å². The molecule has 0 aromatic heterocycles. The molecule has 2 N–H and O–H groups in total. The molecule has 83 heavy (non-hydrogen) atoms. The monoisotopic (exact) mass is 1180 g/mol. The van der Waals surface area contributed by atoms with Crippen molar-refractivity contribution in [2.75, 3.05) is 40.9 Å². The molecule has 3 unspecified atom stereocenters. The van der Waals surface area contributed by atoms with Gasteiger partial charge in [-0.2, -0.15) is 0 Å². The highest BCUT2D eigenvalue weighted by molar-refractivity contribution is 7.47. The smallest absolute Gasteiger partial charge is 0.456 e. The van der Waals surface area contributed by atoms with E-state index in [1.165, 1.54) is 154 Å². The first kappa shape index (κ1) is 79.9. The van der Waals surface area contributed by atoms with Crippen molar-refractivity contribution < 1.29 is 37.3 Å². The first-order chi connectivity index (χ1) is 40.4. The first-order valence-corrected chi connectivity index (χ1v) is 36.1. The molecule has 0 radical (unpaired) electrons. The highest BCUT2D eigenvalue weighted by atomic mass is 31.2. The van der Waals surface area contributed by atoms with Crippen molar-refractivity contribution in [1.29, 1.82) is 0 Å². The third-order valence-electron chi connectivity index (χ3n) is 15.0. The molecule has 0 spiro atoms. The zero-order valence-electron chi connectivity index (χ0n) is 54.9. The molecule has 0 bridgehead atoms. The summed E-state index contributed by atoms with van der Waals surface area (Å²) in [5.74, 6) is -0.523. The Morgan fingerprint density at radius 2 is 0.735 bits per heavy atom. The summed E-state index contributed by atoms with van der Waals surface area (Å²) in [6.45, 7) is 6.96. The van der Waals surface area contributed by atoms with Crippen molar-refractivity contribution in [1.82, 2.24) is 5.32 Å².